The van der Waals surface area contributed by atoms with E-state index in [0.29, 0.717) is 32.3 Å². The highest BCUT2D eigenvalue weighted by Crippen LogP contribution is 2.21. The molecule has 118 valence electrons. The summed E-state index contributed by atoms with van der Waals surface area (Å²) < 4.78 is 41.4. The number of hydrogen-bond donors (Lipinski definition) is 2. The van der Waals surface area contributed by atoms with E-state index in [1.54, 1.807) is 0 Å². The van der Waals surface area contributed by atoms with Crippen molar-refractivity contribution in [3.63, 3.8) is 0 Å². The lowest BCUT2D eigenvalue weighted by Crippen LogP contribution is -2.37. The van der Waals surface area contributed by atoms with Gasteiger partial charge in [0, 0.05) is 26.1 Å². The van der Waals surface area contributed by atoms with Gasteiger partial charge >= 0.3 is 6.18 Å². The Balaban J connectivity index is 1.92. The van der Waals surface area contributed by atoms with Crippen LogP contribution in [0.3, 0.4) is 0 Å². The Morgan fingerprint density at radius 3 is 2.57 bits per heavy atom. The molecular formula is C11H17F3N6O. The molecule has 0 saturated carbocycles. The number of anilines is 3. The SMILES string of the molecule is Nc1nc(NCCCC(F)(F)F)nc(N2CCOCC2)n1. The Hall–Kier alpha value is -1.84. The number of rotatable bonds is 5. The van der Waals surface area contributed by atoms with E-state index in [2.05, 4.69) is 20.3 Å². The van der Waals surface area contributed by atoms with E-state index in [9.17, 15) is 13.2 Å². The molecule has 0 aliphatic carbocycles. The third-order valence-electron chi connectivity index (χ3n) is 2.85. The molecule has 1 saturated heterocycles. The van der Waals surface area contributed by atoms with Crippen LogP contribution in [-0.4, -0.2) is 54.0 Å². The first-order valence-corrected chi connectivity index (χ1v) is 6.59. The van der Waals surface area contributed by atoms with Gasteiger partial charge in [0.15, 0.2) is 0 Å². The van der Waals surface area contributed by atoms with Crippen LogP contribution in [0.1, 0.15) is 12.8 Å². The Morgan fingerprint density at radius 1 is 1.19 bits per heavy atom. The van der Waals surface area contributed by atoms with Crippen molar-refractivity contribution in [2.45, 2.75) is 19.0 Å². The fraction of sp³-hybridized carbons (Fsp3) is 0.727. The van der Waals surface area contributed by atoms with Crippen LogP contribution in [0.25, 0.3) is 0 Å². The van der Waals surface area contributed by atoms with E-state index in [1.807, 2.05) is 4.90 Å². The van der Waals surface area contributed by atoms with E-state index in [-0.39, 0.29) is 24.9 Å². The molecule has 0 radical (unpaired) electrons. The zero-order valence-electron chi connectivity index (χ0n) is 11.4. The van der Waals surface area contributed by atoms with Gasteiger partial charge in [-0.05, 0) is 6.42 Å². The minimum atomic E-state index is -4.15. The van der Waals surface area contributed by atoms with Crippen molar-refractivity contribution < 1.29 is 17.9 Å². The van der Waals surface area contributed by atoms with Crippen molar-refractivity contribution in [2.24, 2.45) is 0 Å². The van der Waals surface area contributed by atoms with Gasteiger partial charge in [0.2, 0.25) is 17.8 Å². The van der Waals surface area contributed by atoms with E-state index in [0.717, 1.165) is 0 Å². The van der Waals surface area contributed by atoms with E-state index in [1.165, 1.54) is 0 Å². The van der Waals surface area contributed by atoms with E-state index < -0.39 is 12.6 Å². The lowest BCUT2D eigenvalue weighted by molar-refractivity contribution is -0.134. The molecule has 1 aromatic heterocycles. The normalized spacial score (nSPS) is 16.0. The molecular weight excluding hydrogens is 289 g/mol. The van der Waals surface area contributed by atoms with Crippen LogP contribution < -0.4 is 16.0 Å². The maximum Gasteiger partial charge on any atom is 0.389 e. The number of aromatic nitrogens is 3. The van der Waals surface area contributed by atoms with Crippen LogP contribution in [0, 0.1) is 0 Å². The molecule has 0 amide bonds. The number of halogens is 3. The molecule has 3 N–H and O–H groups in total. The minimum Gasteiger partial charge on any atom is -0.378 e. The topological polar surface area (TPSA) is 89.2 Å². The Bertz CT molecular complexity index is 464. The predicted octanol–water partition coefficient (Wildman–Crippen LogP) is 1.04. The van der Waals surface area contributed by atoms with Gasteiger partial charge in [0.05, 0.1) is 13.2 Å². The summed E-state index contributed by atoms with van der Waals surface area (Å²) in [7, 11) is 0. The molecule has 1 aliphatic rings. The highest BCUT2D eigenvalue weighted by Gasteiger charge is 2.26. The van der Waals surface area contributed by atoms with E-state index >= 15 is 0 Å². The average Bonchev–Trinajstić information content (AvgIpc) is 2.43. The van der Waals surface area contributed by atoms with Crippen LogP contribution >= 0.6 is 0 Å². The number of nitrogens with zero attached hydrogens (tertiary/aromatic N) is 4. The molecule has 21 heavy (non-hydrogen) atoms. The Labute approximate surface area is 119 Å². The van der Waals surface area contributed by atoms with E-state index in [4.69, 9.17) is 10.5 Å². The standard InChI is InChI=1S/C11H17F3N6O/c12-11(13,14)2-1-3-16-9-17-8(15)18-10(19-9)20-4-6-21-7-5-20/h1-7H2,(H3,15,16,17,18,19). The molecule has 0 bridgehead atoms. The van der Waals surface area contributed by atoms with Gasteiger partial charge in [-0.1, -0.05) is 0 Å². The third-order valence-corrected chi connectivity index (χ3v) is 2.85. The monoisotopic (exact) mass is 306 g/mol. The largest absolute Gasteiger partial charge is 0.389 e. The molecule has 2 rings (SSSR count). The van der Waals surface area contributed by atoms with Crippen LogP contribution in [0.2, 0.25) is 0 Å². The fourth-order valence-electron chi connectivity index (χ4n) is 1.85. The molecule has 0 unspecified atom stereocenters. The van der Waals surface area contributed by atoms with Crippen LogP contribution in [0.4, 0.5) is 31.0 Å². The second-order valence-electron chi connectivity index (χ2n) is 4.56. The molecule has 1 aliphatic heterocycles. The number of ether oxygens (including phenoxy) is 1. The number of nitrogens with one attached hydrogen (secondary N) is 1. The molecule has 0 atom stereocenters. The van der Waals surface area contributed by atoms with Gasteiger partial charge in [-0.25, -0.2) is 0 Å². The highest BCUT2D eigenvalue weighted by molar-refractivity contribution is 5.42. The second-order valence-corrected chi connectivity index (χ2v) is 4.56. The van der Waals surface area contributed by atoms with Crippen molar-refractivity contribution in [3.8, 4) is 0 Å². The van der Waals surface area contributed by atoms with Gasteiger partial charge < -0.3 is 20.7 Å². The first-order chi connectivity index (χ1) is 9.94. The molecule has 2 heterocycles. The number of morpholine rings is 1. The number of alkyl halides is 3. The summed E-state index contributed by atoms with van der Waals surface area (Å²) in [6, 6.07) is 0. The summed E-state index contributed by atoms with van der Waals surface area (Å²) in [5.74, 6) is 0.625. The Kier molecular flexibility index (Phi) is 4.99. The van der Waals surface area contributed by atoms with Crippen LogP contribution in [0.5, 0.6) is 0 Å². The third kappa shape index (κ3) is 5.21. The lowest BCUT2D eigenvalue weighted by atomic mass is 10.3. The van der Waals surface area contributed by atoms with Crippen molar-refractivity contribution in [2.75, 3.05) is 48.8 Å². The van der Waals surface area contributed by atoms with Gasteiger partial charge in [0.25, 0.3) is 0 Å². The minimum absolute atomic E-state index is 0.0322. The zero-order valence-corrected chi connectivity index (χ0v) is 11.4. The molecule has 7 nitrogen and oxygen atoms in total. The summed E-state index contributed by atoms with van der Waals surface area (Å²) in [4.78, 5) is 14.0. The van der Waals surface area contributed by atoms with Gasteiger partial charge in [-0.3, -0.25) is 0 Å². The summed E-state index contributed by atoms with van der Waals surface area (Å²) in [6.45, 7) is 2.53. The van der Waals surface area contributed by atoms with Crippen LogP contribution in [-0.2, 0) is 4.74 Å². The summed E-state index contributed by atoms with van der Waals surface area (Å²) in [6.07, 6.45) is -5.06. The predicted molar refractivity (Wildman–Crippen MR) is 71.1 cm³/mol. The second kappa shape index (κ2) is 6.74. The summed E-state index contributed by atoms with van der Waals surface area (Å²) >= 11 is 0. The average molecular weight is 306 g/mol. The van der Waals surface area contributed by atoms with Crippen molar-refractivity contribution >= 4 is 17.8 Å². The van der Waals surface area contributed by atoms with Gasteiger partial charge in [0.1, 0.15) is 0 Å². The quantitative estimate of drug-likeness (QED) is 0.786. The first-order valence-electron chi connectivity index (χ1n) is 6.59. The lowest BCUT2D eigenvalue weighted by Gasteiger charge is -2.26. The van der Waals surface area contributed by atoms with Crippen molar-refractivity contribution in [3.05, 3.63) is 0 Å². The number of nitrogens with two attached hydrogens (primary N) is 1. The summed E-state index contributed by atoms with van der Waals surface area (Å²) in [5, 5.41) is 2.74. The van der Waals surface area contributed by atoms with Gasteiger partial charge in [-0.2, -0.15) is 28.1 Å². The highest BCUT2D eigenvalue weighted by atomic mass is 19.4. The molecule has 0 spiro atoms. The maximum atomic E-state index is 12.0. The van der Waals surface area contributed by atoms with Gasteiger partial charge in [-0.15, -0.1) is 0 Å². The molecule has 10 heteroatoms. The smallest absolute Gasteiger partial charge is 0.378 e. The first kappa shape index (κ1) is 15.5. The molecule has 0 aromatic carbocycles. The van der Waals surface area contributed by atoms with Crippen molar-refractivity contribution in [1.29, 1.82) is 0 Å². The zero-order chi connectivity index (χ0) is 15.3. The Morgan fingerprint density at radius 2 is 1.90 bits per heavy atom. The molecule has 1 fully saturated rings. The van der Waals surface area contributed by atoms with Crippen LogP contribution in [0.15, 0.2) is 0 Å². The maximum absolute atomic E-state index is 12.0. The summed E-state index contributed by atoms with van der Waals surface area (Å²) in [5.41, 5.74) is 5.60. The van der Waals surface area contributed by atoms with Crippen molar-refractivity contribution in [1.82, 2.24) is 15.0 Å². The number of hydrogen-bond acceptors (Lipinski definition) is 7. The number of nitrogen functional groups attached to an aromatic ring is 1. The fourth-order valence-corrected chi connectivity index (χ4v) is 1.85. The molecule has 1 aromatic rings.